The number of nitrogens with one attached hydrogen (secondary N) is 1. The van der Waals surface area contributed by atoms with E-state index in [0.29, 0.717) is 11.3 Å². The van der Waals surface area contributed by atoms with E-state index in [1.165, 1.54) is 0 Å². The number of benzene rings is 2. The van der Waals surface area contributed by atoms with Gasteiger partial charge in [0.15, 0.2) is 0 Å². The van der Waals surface area contributed by atoms with E-state index < -0.39 is 6.10 Å². The number of rotatable bonds is 5. The van der Waals surface area contributed by atoms with Crippen LogP contribution in [0.15, 0.2) is 53.7 Å². The molecule has 0 aliphatic heterocycles. The van der Waals surface area contributed by atoms with E-state index in [0.717, 1.165) is 11.1 Å². The minimum atomic E-state index is -0.749. The summed E-state index contributed by atoms with van der Waals surface area (Å²) in [5.74, 6) is -0.331. The van der Waals surface area contributed by atoms with Crippen LogP contribution in [0.3, 0.4) is 0 Å². The highest BCUT2D eigenvalue weighted by atomic mass is 16.6. The van der Waals surface area contributed by atoms with Crippen molar-refractivity contribution in [2.45, 2.75) is 20.0 Å². The molecule has 1 amide bonds. The van der Waals surface area contributed by atoms with Gasteiger partial charge in [0.2, 0.25) is 6.10 Å². The molecule has 0 radical (unpaired) electrons. The predicted octanol–water partition coefficient (Wildman–Crippen LogP) is 3.24. The van der Waals surface area contributed by atoms with Crippen LogP contribution in [0, 0.1) is 18.3 Å². The fourth-order valence-corrected chi connectivity index (χ4v) is 1.87. The average molecular weight is 307 g/mol. The Balaban J connectivity index is 1.92. The van der Waals surface area contributed by atoms with Gasteiger partial charge in [-0.25, -0.2) is 0 Å². The topological polar surface area (TPSA) is 74.5 Å². The molecule has 116 valence electrons. The number of carbonyl (C=O) groups is 1. The lowest BCUT2D eigenvalue weighted by Crippen LogP contribution is -2.26. The Labute approximate surface area is 135 Å². The number of carbonyl (C=O) groups excluding carboxylic acids is 1. The summed E-state index contributed by atoms with van der Waals surface area (Å²) in [5.41, 5.74) is 3.04. The lowest BCUT2D eigenvalue weighted by atomic mass is 10.1. The second-order valence-corrected chi connectivity index (χ2v) is 5.02. The monoisotopic (exact) mass is 307 g/mol. The van der Waals surface area contributed by atoms with Crippen LogP contribution in [0.2, 0.25) is 0 Å². The highest BCUT2D eigenvalue weighted by molar-refractivity contribution is 5.94. The molecule has 0 saturated carbocycles. The molecule has 23 heavy (non-hydrogen) atoms. The second-order valence-electron chi connectivity index (χ2n) is 5.02. The lowest BCUT2D eigenvalue weighted by molar-refractivity contribution is -0.126. The van der Waals surface area contributed by atoms with Gasteiger partial charge in [0, 0.05) is 5.69 Å². The van der Waals surface area contributed by atoms with Crippen molar-refractivity contribution in [2.24, 2.45) is 5.16 Å². The molecule has 0 aliphatic rings. The average Bonchev–Trinajstić information content (AvgIpc) is 2.56. The number of nitrogens with zero attached hydrogens (tertiary/aromatic N) is 2. The van der Waals surface area contributed by atoms with Crippen LogP contribution in [0.5, 0.6) is 0 Å². The van der Waals surface area contributed by atoms with Gasteiger partial charge in [-0.2, -0.15) is 5.26 Å². The summed E-state index contributed by atoms with van der Waals surface area (Å²) in [6, 6.07) is 16.4. The molecule has 0 fully saturated rings. The highest BCUT2D eigenvalue weighted by Gasteiger charge is 2.14. The van der Waals surface area contributed by atoms with Crippen molar-refractivity contribution in [1.29, 1.82) is 5.26 Å². The first-order valence-corrected chi connectivity index (χ1v) is 7.16. The fraction of sp³-hybridized carbons (Fsp3) is 0.167. The first-order valence-electron chi connectivity index (χ1n) is 7.16. The van der Waals surface area contributed by atoms with Gasteiger partial charge in [-0.1, -0.05) is 35.5 Å². The number of aryl methyl sites for hydroxylation is 1. The molecule has 5 nitrogen and oxygen atoms in total. The van der Waals surface area contributed by atoms with E-state index in [9.17, 15) is 4.79 Å². The second kappa shape index (κ2) is 7.76. The van der Waals surface area contributed by atoms with Crippen molar-refractivity contribution in [1.82, 2.24) is 0 Å². The van der Waals surface area contributed by atoms with Crippen LogP contribution >= 0.6 is 0 Å². The third-order valence-corrected chi connectivity index (χ3v) is 3.23. The number of amides is 1. The molecule has 2 aromatic carbocycles. The van der Waals surface area contributed by atoms with Crippen LogP contribution in [0.4, 0.5) is 5.69 Å². The summed E-state index contributed by atoms with van der Waals surface area (Å²) < 4.78 is 0. The minimum Gasteiger partial charge on any atom is -0.383 e. The molecular weight excluding hydrogens is 290 g/mol. The summed E-state index contributed by atoms with van der Waals surface area (Å²) in [5, 5.41) is 15.4. The number of oxime groups is 1. The van der Waals surface area contributed by atoms with E-state index in [-0.39, 0.29) is 5.91 Å². The van der Waals surface area contributed by atoms with Crippen LogP contribution in [0.25, 0.3) is 0 Å². The maximum Gasteiger partial charge on any atom is 0.267 e. The molecule has 0 spiro atoms. The minimum absolute atomic E-state index is 0.331. The van der Waals surface area contributed by atoms with Gasteiger partial charge in [-0.05, 0) is 43.2 Å². The molecule has 5 heteroatoms. The Bertz CT molecular complexity index is 763. The zero-order chi connectivity index (χ0) is 16.7. The molecule has 1 atom stereocenters. The summed E-state index contributed by atoms with van der Waals surface area (Å²) in [6.45, 7) is 3.58. The van der Waals surface area contributed by atoms with E-state index in [2.05, 4.69) is 10.5 Å². The molecule has 0 aromatic heterocycles. The first kappa shape index (κ1) is 16.2. The predicted molar refractivity (Wildman–Crippen MR) is 89.1 cm³/mol. The molecule has 2 rings (SSSR count). The van der Waals surface area contributed by atoms with Gasteiger partial charge in [0.05, 0.1) is 17.8 Å². The van der Waals surface area contributed by atoms with Gasteiger partial charge < -0.3 is 10.2 Å². The summed E-state index contributed by atoms with van der Waals surface area (Å²) in [4.78, 5) is 17.2. The van der Waals surface area contributed by atoms with Gasteiger partial charge in [-0.15, -0.1) is 0 Å². The van der Waals surface area contributed by atoms with Crippen LogP contribution in [-0.4, -0.2) is 18.2 Å². The van der Waals surface area contributed by atoms with Crippen LogP contribution in [0.1, 0.15) is 23.6 Å². The number of hydrogen-bond acceptors (Lipinski definition) is 4. The van der Waals surface area contributed by atoms with Crippen molar-refractivity contribution in [3.05, 3.63) is 65.2 Å². The summed E-state index contributed by atoms with van der Waals surface area (Å²) in [6.07, 6.45) is 0.830. The van der Waals surface area contributed by atoms with Crippen molar-refractivity contribution in [3.8, 4) is 6.07 Å². The SMILES string of the molecule is Cc1ccccc1/C=N\O[C@H](C)C(=O)Nc1cccc(C#N)c1. The first-order chi connectivity index (χ1) is 11.1. The smallest absolute Gasteiger partial charge is 0.267 e. The maximum absolute atomic E-state index is 12.0. The Morgan fingerprint density at radius 1 is 1.30 bits per heavy atom. The summed E-state index contributed by atoms with van der Waals surface area (Å²) in [7, 11) is 0. The zero-order valence-corrected chi connectivity index (χ0v) is 13.0. The molecule has 0 saturated heterocycles. The Kier molecular flexibility index (Phi) is 5.48. The number of nitriles is 1. The van der Waals surface area contributed by atoms with Crippen molar-refractivity contribution in [2.75, 3.05) is 5.32 Å². The normalized spacial score (nSPS) is 11.7. The molecule has 0 bridgehead atoms. The van der Waals surface area contributed by atoms with Gasteiger partial charge in [0.1, 0.15) is 0 Å². The third-order valence-electron chi connectivity index (χ3n) is 3.23. The van der Waals surface area contributed by atoms with E-state index in [4.69, 9.17) is 10.1 Å². The molecule has 0 heterocycles. The third kappa shape index (κ3) is 4.68. The molecule has 2 aromatic rings. The van der Waals surface area contributed by atoms with E-state index in [1.807, 2.05) is 37.3 Å². The number of hydrogen-bond donors (Lipinski definition) is 1. The maximum atomic E-state index is 12.0. The lowest BCUT2D eigenvalue weighted by Gasteiger charge is -2.10. The van der Waals surface area contributed by atoms with Crippen molar-refractivity contribution < 1.29 is 9.63 Å². The zero-order valence-electron chi connectivity index (χ0n) is 13.0. The Hall–Kier alpha value is -3.13. The standard InChI is InChI=1S/C18H17N3O2/c1-13-6-3-4-8-16(13)12-20-23-14(2)18(22)21-17-9-5-7-15(10-17)11-19/h3-10,12,14H,1-2H3,(H,21,22)/b20-12-/t14-/m1/s1. The van der Waals surface area contributed by atoms with E-state index in [1.54, 1.807) is 37.4 Å². The molecular formula is C18H17N3O2. The highest BCUT2D eigenvalue weighted by Crippen LogP contribution is 2.11. The Morgan fingerprint density at radius 2 is 2.09 bits per heavy atom. The van der Waals surface area contributed by atoms with Crippen LogP contribution < -0.4 is 5.32 Å². The largest absolute Gasteiger partial charge is 0.383 e. The van der Waals surface area contributed by atoms with E-state index >= 15 is 0 Å². The fourth-order valence-electron chi connectivity index (χ4n) is 1.87. The Morgan fingerprint density at radius 3 is 2.83 bits per heavy atom. The molecule has 0 aliphatic carbocycles. The quantitative estimate of drug-likeness (QED) is 0.680. The molecule has 0 unspecified atom stereocenters. The van der Waals surface area contributed by atoms with Crippen molar-refractivity contribution in [3.63, 3.8) is 0 Å². The van der Waals surface area contributed by atoms with Gasteiger partial charge >= 0.3 is 0 Å². The van der Waals surface area contributed by atoms with Crippen molar-refractivity contribution >= 4 is 17.8 Å². The number of anilines is 1. The van der Waals surface area contributed by atoms with Gasteiger partial charge in [0.25, 0.3) is 5.91 Å². The van der Waals surface area contributed by atoms with Crippen LogP contribution in [-0.2, 0) is 9.63 Å². The summed E-state index contributed by atoms with van der Waals surface area (Å²) >= 11 is 0. The molecule has 1 N–H and O–H groups in total. The van der Waals surface area contributed by atoms with Gasteiger partial charge in [-0.3, -0.25) is 4.79 Å².